The molecule has 80 valence electrons. The Bertz CT molecular complexity index is 466. The lowest BCUT2D eigenvalue weighted by Crippen LogP contribution is -1.81. The van der Waals surface area contributed by atoms with Crippen LogP contribution < -0.4 is 0 Å². The minimum absolute atomic E-state index is 1.07. The van der Waals surface area contributed by atoms with E-state index in [0.29, 0.717) is 0 Å². The zero-order chi connectivity index (χ0) is 11.2. The zero-order valence-corrected chi connectivity index (χ0v) is 9.56. The van der Waals surface area contributed by atoms with Gasteiger partial charge in [0.2, 0.25) is 0 Å². The number of hydrogen-bond donors (Lipinski definition) is 0. The fourth-order valence-corrected chi connectivity index (χ4v) is 1.77. The van der Waals surface area contributed by atoms with E-state index in [1.165, 1.54) is 16.7 Å². The molecule has 0 nitrogen and oxygen atoms in total. The first-order valence-electron chi connectivity index (χ1n) is 5.73. The van der Waals surface area contributed by atoms with E-state index >= 15 is 0 Å². The van der Waals surface area contributed by atoms with E-state index < -0.39 is 0 Å². The van der Waals surface area contributed by atoms with Crippen LogP contribution in [0, 0.1) is 0 Å². The van der Waals surface area contributed by atoms with Gasteiger partial charge in [-0.2, -0.15) is 0 Å². The van der Waals surface area contributed by atoms with Crippen molar-refractivity contribution in [1.29, 1.82) is 0 Å². The molecule has 2 aromatic carbocycles. The highest BCUT2D eigenvalue weighted by molar-refractivity contribution is 5.75. The lowest BCUT2D eigenvalue weighted by molar-refractivity contribution is 1.23. The zero-order valence-electron chi connectivity index (χ0n) is 9.56. The highest BCUT2D eigenvalue weighted by Gasteiger charge is 2.00. The van der Waals surface area contributed by atoms with Gasteiger partial charge < -0.3 is 0 Å². The van der Waals surface area contributed by atoms with Crippen molar-refractivity contribution in [3.05, 3.63) is 66.2 Å². The van der Waals surface area contributed by atoms with E-state index in [2.05, 4.69) is 67.6 Å². The second-order valence-electron chi connectivity index (χ2n) is 3.76. The molecule has 0 heterocycles. The lowest BCUT2D eigenvalue weighted by Gasteiger charge is -2.05. The molecule has 0 amide bonds. The van der Waals surface area contributed by atoms with Crippen molar-refractivity contribution >= 4 is 6.08 Å². The topological polar surface area (TPSA) is 0 Å². The van der Waals surface area contributed by atoms with E-state index in [4.69, 9.17) is 0 Å². The van der Waals surface area contributed by atoms with Gasteiger partial charge in [0.25, 0.3) is 0 Å². The molecule has 0 spiro atoms. The molecule has 0 aliphatic rings. The van der Waals surface area contributed by atoms with Crippen LogP contribution in [0.2, 0.25) is 0 Å². The summed E-state index contributed by atoms with van der Waals surface area (Å²) < 4.78 is 0. The Kier molecular flexibility index (Phi) is 3.55. The normalized spacial score (nSPS) is 10.8. The summed E-state index contributed by atoms with van der Waals surface area (Å²) in [7, 11) is 0. The molecule has 2 aromatic rings. The van der Waals surface area contributed by atoms with Crippen LogP contribution in [-0.4, -0.2) is 0 Å². The van der Waals surface area contributed by atoms with E-state index in [1.54, 1.807) is 0 Å². The van der Waals surface area contributed by atoms with E-state index in [9.17, 15) is 0 Å². The first kappa shape index (κ1) is 10.7. The third-order valence-electron chi connectivity index (χ3n) is 2.58. The van der Waals surface area contributed by atoms with Crippen LogP contribution in [0.5, 0.6) is 0 Å². The SMILES string of the molecule is CC/C=C/c1ccccc1-c1ccccc1. The van der Waals surface area contributed by atoms with Gasteiger partial charge in [-0.05, 0) is 23.1 Å². The summed E-state index contributed by atoms with van der Waals surface area (Å²) in [6.45, 7) is 2.15. The molecule has 16 heavy (non-hydrogen) atoms. The molecule has 0 fully saturated rings. The van der Waals surface area contributed by atoms with Gasteiger partial charge in [0, 0.05) is 0 Å². The Morgan fingerprint density at radius 3 is 2.31 bits per heavy atom. The highest BCUT2D eigenvalue weighted by Crippen LogP contribution is 2.24. The van der Waals surface area contributed by atoms with Crippen molar-refractivity contribution in [3.63, 3.8) is 0 Å². The Labute approximate surface area is 97.3 Å². The molecular formula is C16H16. The monoisotopic (exact) mass is 208 g/mol. The Morgan fingerprint density at radius 2 is 1.56 bits per heavy atom. The van der Waals surface area contributed by atoms with Crippen molar-refractivity contribution in [2.45, 2.75) is 13.3 Å². The van der Waals surface area contributed by atoms with Crippen LogP contribution in [-0.2, 0) is 0 Å². The lowest BCUT2D eigenvalue weighted by atomic mass is 9.99. The molecule has 0 bridgehead atoms. The summed E-state index contributed by atoms with van der Waals surface area (Å²) in [5.74, 6) is 0. The molecule has 0 atom stereocenters. The van der Waals surface area contributed by atoms with Gasteiger partial charge >= 0.3 is 0 Å². The van der Waals surface area contributed by atoms with Crippen LogP contribution in [0.1, 0.15) is 18.9 Å². The van der Waals surface area contributed by atoms with Gasteiger partial charge in [0.1, 0.15) is 0 Å². The summed E-state index contributed by atoms with van der Waals surface area (Å²) in [6.07, 6.45) is 5.47. The Morgan fingerprint density at radius 1 is 0.875 bits per heavy atom. The molecule has 0 radical (unpaired) electrons. The highest BCUT2D eigenvalue weighted by atomic mass is 14.0. The average molecular weight is 208 g/mol. The maximum Gasteiger partial charge on any atom is -0.0112 e. The van der Waals surface area contributed by atoms with Gasteiger partial charge in [-0.3, -0.25) is 0 Å². The molecular weight excluding hydrogens is 192 g/mol. The summed E-state index contributed by atoms with van der Waals surface area (Å²) in [4.78, 5) is 0. The van der Waals surface area contributed by atoms with Crippen LogP contribution in [0.25, 0.3) is 17.2 Å². The summed E-state index contributed by atoms with van der Waals surface area (Å²) in [5.41, 5.74) is 3.86. The molecule has 0 aromatic heterocycles. The Balaban J connectivity index is 2.45. The molecule has 0 saturated carbocycles. The molecule has 0 saturated heterocycles. The van der Waals surface area contributed by atoms with Crippen LogP contribution in [0.4, 0.5) is 0 Å². The first-order chi connectivity index (χ1) is 7.92. The minimum atomic E-state index is 1.07. The molecule has 0 aliphatic carbocycles. The van der Waals surface area contributed by atoms with Crippen molar-refractivity contribution in [3.8, 4) is 11.1 Å². The smallest absolute Gasteiger partial charge is 0.0112 e. The molecule has 2 rings (SSSR count). The van der Waals surface area contributed by atoms with Crippen LogP contribution in [0.3, 0.4) is 0 Å². The number of rotatable bonds is 3. The number of benzene rings is 2. The second kappa shape index (κ2) is 5.32. The number of allylic oxidation sites excluding steroid dienone is 1. The fraction of sp³-hybridized carbons (Fsp3) is 0.125. The maximum absolute atomic E-state index is 2.20. The first-order valence-corrected chi connectivity index (χ1v) is 5.73. The quantitative estimate of drug-likeness (QED) is 0.681. The Hall–Kier alpha value is -1.82. The summed E-state index contributed by atoms with van der Waals surface area (Å²) in [6, 6.07) is 19.0. The van der Waals surface area contributed by atoms with Gasteiger partial charge in [0.05, 0.1) is 0 Å². The molecule has 0 heteroatoms. The molecule has 0 N–H and O–H groups in total. The van der Waals surface area contributed by atoms with Crippen molar-refractivity contribution in [2.24, 2.45) is 0 Å². The average Bonchev–Trinajstić information content (AvgIpc) is 2.38. The minimum Gasteiger partial charge on any atom is -0.0842 e. The van der Waals surface area contributed by atoms with E-state index in [-0.39, 0.29) is 0 Å². The predicted octanol–water partition coefficient (Wildman–Crippen LogP) is 4.78. The number of hydrogen-bond acceptors (Lipinski definition) is 0. The third-order valence-corrected chi connectivity index (χ3v) is 2.58. The largest absolute Gasteiger partial charge is 0.0842 e. The van der Waals surface area contributed by atoms with Crippen molar-refractivity contribution < 1.29 is 0 Å². The summed E-state index contributed by atoms with van der Waals surface area (Å²) >= 11 is 0. The van der Waals surface area contributed by atoms with Gasteiger partial charge in [-0.1, -0.05) is 73.7 Å². The summed E-state index contributed by atoms with van der Waals surface area (Å²) in [5, 5.41) is 0. The van der Waals surface area contributed by atoms with Gasteiger partial charge in [-0.15, -0.1) is 0 Å². The predicted molar refractivity (Wildman–Crippen MR) is 71.2 cm³/mol. The van der Waals surface area contributed by atoms with Gasteiger partial charge in [0.15, 0.2) is 0 Å². The van der Waals surface area contributed by atoms with E-state index in [0.717, 1.165) is 6.42 Å². The maximum atomic E-state index is 2.20. The second-order valence-corrected chi connectivity index (χ2v) is 3.76. The van der Waals surface area contributed by atoms with Crippen molar-refractivity contribution in [2.75, 3.05) is 0 Å². The van der Waals surface area contributed by atoms with Crippen LogP contribution >= 0.6 is 0 Å². The molecule has 0 unspecified atom stereocenters. The standard InChI is InChI=1S/C16H16/c1-2-3-9-14-12-7-8-13-16(14)15-10-5-4-6-11-15/h3-13H,2H2,1H3/b9-3+. The molecule has 0 aliphatic heterocycles. The van der Waals surface area contributed by atoms with Crippen molar-refractivity contribution in [1.82, 2.24) is 0 Å². The third kappa shape index (κ3) is 2.40. The van der Waals surface area contributed by atoms with E-state index in [1.807, 2.05) is 6.07 Å². The van der Waals surface area contributed by atoms with Crippen LogP contribution in [0.15, 0.2) is 60.7 Å². The van der Waals surface area contributed by atoms with Gasteiger partial charge in [-0.25, -0.2) is 0 Å². The fourth-order valence-electron chi connectivity index (χ4n) is 1.77.